The summed E-state index contributed by atoms with van der Waals surface area (Å²) in [4.78, 5) is 15.7. The molecule has 4 aromatic heterocycles. The normalized spacial score (nSPS) is 13.0. The summed E-state index contributed by atoms with van der Waals surface area (Å²) in [5, 5.41) is 10.2. The van der Waals surface area contributed by atoms with Crippen molar-refractivity contribution in [1.82, 2.24) is 19.9 Å². The van der Waals surface area contributed by atoms with Crippen LogP contribution in [0.1, 0.15) is 244 Å². The van der Waals surface area contributed by atoms with Crippen LogP contribution in [0.2, 0.25) is 0 Å². The molecule has 0 unspecified atom stereocenters. The summed E-state index contributed by atoms with van der Waals surface area (Å²) in [5.74, 6) is 0. The van der Waals surface area contributed by atoms with E-state index < -0.39 is 0 Å². The van der Waals surface area contributed by atoms with Gasteiger partial charge in [-0.1, -0.05) is 336 Å². The number of rotatable bonds is 11. The van der Waals surface area contributed by atoms with E-state index in [1.54, 1.807) is 0 Å². The molecule has 0 spiro atoms. The third-order valence-corrected chi connectivity index (χ3v) is 26.6. The maximum Gasteiger partial charge on any atom is 0.0544 e. The standard InChI is InChI=1S/C120H122N4/c1-113(2,3)83-49-53-105-97(59-83)101-67-87(117(13,14)15)63-93(109(101)121-105)79-41-33-75(34-42-79)91(76-35-43-80(44-36-76)94-64-88(118(16,17)18)68-102-98-60-84(114(4,5)6)50-54-106(98)122-110(94)102)57-71-25-29-73(30-26-71)74-31-27-72(28-32-74)58-92(77-37-45-81(46-38-77)95-65-89(119(19,20)21)69-103-99-61-85(115(7,8)9)51-55-107(99)123-111(95)103)78-39-47-82(48-40-78)96-66-90(120(22,23)24)70-104-100-62-86(116(10,11)12)52-56-108(100)124-112(96)104/h25-70,121-124H,1-24H3. The molecule has 4 heteroatoms. The van der Waals surface area contributed by atoms with Crippen LogP contribution in [0.25, 0.3) is 166 Å². The van der Waals surface area contributed by atoms with Crippen molar-refractivity contribution in [3.63, 3.8) is 0 Å². The third-order valence-electron chi connectivity index (χ3n) is 26.6. The van der Waals surface area contributed by atoms with Gasteiger partial charge in [0.2, 0.25) is 0 Å². The smallest absolute Gasteiger partial charge is 0.0544 e. The molecule has 0 amide bonds. The van der Waals surface area contributed by atoms with E-state index in [4.69, 9.17) is 0 Å². The van der Waals surface area contributed by atoms with Crippen molar-refractivity contribution in [2.45, 2.75) is 209 Å². The molecule has 0 saturated heterocycles. The van der Waals surface area contributed by atoms with Gasteiger partial charge in [-0.05, 0) is 275 Å². The zero-order valence-corrected chi connectivity index (χ0v) is 77.6. The van der Waals surface area contributed by atoms with Crippen molar-refractivity contribution in [3.05, 3.63) is 345 Å². The highest BCUT2D eigenvalue weighted by atomic mass is 14.7. The average Bonchev–Trinajstić information content (AvgIpc) is 1.60. The minimum absolute atomic E-state index is 0.0227. The van der Waals surface area contributed by atoms with Crippen LogP contribution < -0.4 is 0 Å². The minimum Gasteiger partial charge on any atom is -0.354 e. The molecular formula is C120H122N4. The summed E-state index contributed by atoms with van der Waals surface area (Å²) in [6.07, 6.45) is 4.77. The molecule has 0 bridgehead atoms. The predicted octanol–water partition coefficient (Wildman–Crippen LogP) is 34.1. The molecule has 18 aromatic rings. The molecular weight excluding hydrogens is 1500 g/mol. The number of fused-ring (bicyclic) bond motifs is 12. The summed E-state index contributed by atoms with van der Waals surface area (Å²) < 4.78 is 0. The van der Waals surface area contributed by atoms with Gasteiger partial charge in [0.15, 0.2) is 0 Å². The van der Waals surface area contributed by atoms with Crippen molar-refractivity contribution < 1.29 is 0 Å². The number of aromatic nitrogens is 4. The van der Waals surface area contributed by atoms with E-state index in [0.717, 1.165) is 77.7 Å². The molecule has 0 aliphatic carbocycles. The lowest BCUT2D eigenvalue weighted by atomic mass is 9.83. The highest BCUT2D eigenvalue weighted by molar-refractivity contribution is 6.17. The molecule has 124 heavy (non-hydrogen) atoms. The lowest BCUT2D eigenvalue weighted by molar-refractivity contribution is 0.590. The fourth-order valence-corrected chi connectivity index (χ4v) is 18.4. The Morgan fingerprint density at radius 1 is 0.177 bits per heavy atom. The highest BCUT2D eigenvalue weighted by Crippen LogP contribution is 2.47. The van der Waals surface area contributed by atoms with Gasteiger partial charge in [0, 0.05) is 87.4 Å². The number of nitrogens with one attached hydrogen (secondary N) is 4. The zero-order chi connectivity index (χ0) is 87.6. The van der Waals surface area contributed by atoms with Gasteiger partial charge >= 0.3 is 0 Å². The van der Waals surface area contributed by atoms with Gasteiger partial charge in [-0.3, -0.25) is 0 Å². The second-order valence-corrected chi connectivity index (χ2v) is 44.0. The van der Waals surface area contributed by atoms with Gasteiger partial charge in [0.1, 0.15) is 0 Å². The lowest BCUT2D eigenvalue weighted by Gasteiger charge is -2.21. The molecule has 0 radical (unpaired) electrons. The summed E-state index contributed by atoms with van der Waals surface area (Å²) in [6.45, 7) is 55.6. The minimum atomic E-state index is -0.0654. The largest absolute Gasteiger partial charge is 0.354 e. The number of H-pyrrole nitrogens is 4. The number of benzene rings is 14. The summed E-state index contributed by atoms with van der Waals surface area (Å²) in [5.41, 5.74) is 40.8. The lowest BCUT2D eigenvalue weighted by Crippen LogP contribution is -2.11. The van der Waals surface area contributed by atoms with Crippen molar-refractivity contribution in [1.29, 1.82) is 0 Å². The van der Waals surface area contributed by atoms with Crippen LogP contribution in [0.15, 0.2) is 267 Å². The van der Waals surface area contributed by atoms with Crippen LogP contribution in [0.3, 0.4) is 0 Å². The third kappa shape index (κ3) is 15.7. The average molecular weight is 1620 g/mol. The van der Waals surface area contributed by atoms with Crippen molar-refractivity contribution in [2.75, 3.05) is 0 Å². The summed E-state index contributed by atoms with van der Waals surface area (Å²) in [6, 6.07) is 103. The number of hydrogen-bond acceptors (Lipinski definition) is 0. The summed E-state index contributed by atoms with van der Waals surface area (Å²) in [7, 11) is 0. The fraction of sp³-hybridized carbons (Fsp3) is 0.267. The zero-order valence-electron chi connectivity index (χ0n) is 77.6. The Balaban J connectivity index is 0.722. The summed E-state index contributed by atoms with van der Waals surface area (Å²) >= 11 is 0. The Labute approximate surface area is 735 Å². The van der Waals surface area contributed by atoms with Gasteiger partial charge in [0.25, 0.3) is 0 Å². The van der Waals surface area contributed by atoms with Crippen LogP contribution in [0, 0.1) is 0 Å². The van der Waals surface area contributed by atoms with Gasteiger partial charge in [-0.25, -0.2) is 0 Å². The Bertz CT molecular complexity index is 6460. The van der Waals surface area contributed by atoms with Crippen molar-refractivity contribution in [2.24, 2.45) is 0 Å². The molecule has 4 heterocycles. The first-order chi connectivity index (χ1) is 58.4. The molecule has 0 fully saturated rings. The van der Waals surface area contributed by atoms with E-state index >= 15 is 0 Å². The number of hydrogen-bond donors (Lipinski definition) is 4. The predicted molar refractivity (Wildman–Crippen MR) is 540 cm³/mol. The monoisotopic (exact) mass is 1620 g/mol. The first-order valence-electron chi connectivity index (χ1n) is 44.9. The Morgan fingerprint density at radius 2 is 0.355 bits per heavy atom. The van der Waals surface area contributed by atoms with Crippen LogP contribution in [0.4, 0.5) is 0 Å². The molecule has 622 valence electrons. The first-order valence-corrected chi connectivity index (χ1v) is 44.9. The van der Waals surface area contributed by atoms with E-state index in [0.29, 0.717) is 0 Å². The van der Waals surface area contributed by atoms with Crippen LogP contribution >= 0.6 is 0 Å². The van der Waals surface area contributed by atoms with Crippen LogP contribution in [0.5, 0.6) is 0 Å². The topological polar surface area (TPSA) is 63.2 Å². The Morgan fingerprint density at radius 3 is 0.540 bits per heavy atom. The van der Waals surface area contributed by atoms with E-state index in [1.165, 1.54) is 154 Å². The van der Waals surface area contributed by atoms with E-state index in [1.807, 2.05) is 0 Å². The van der Waals surface area contributed by atoms with Gasteiger partial charge in [-0.2, -0.15) is 0 Å². The van der Waals surface area contributed by atoms with Crippen LogP contribution in [-0.4, -0.2) is 19.9 Å². The number of aromatic amines is 4. The van der Waals surface area contributed by atoms with E-state index in [9.17, 15) is 0 Å². The highest BCUT2D eigenvalue weighted by Gasteiger charge is 2.29. The fourth-order valence-electron chi connectivity index (χ4n) is 18.4. The SMILES string of the molecule is CC(C)(C)c1ccc2[nH]c3c(-c4ccc(C(=Cc5ccc(-c6ccc(C=C(c7ccc(-c8cc(C(C)(C)C)cc9c8[nH]c8ccc(C(C)(C)C)cc89)cc7)c7ccc(-c8cc(C(C)(C)C)cc9c8[nH]c8ccc(C(C)(C)C)cc89)cc7)cc6)cc5)c5ccc(-c6cc(C(C)(C)C)cc7c6[nH]c6ccc(C(C)(C)C)cc67)cc5)cc4)cc(C(C)(C)C)cc3c2c1. The van der Waals surface area contributed by atoms with Crippen LogP contribution in [-0.2, 0) is 43.3 Å². The van der Waals surface area contributed by atoms with Crippen molar-refractivity contribution in [3.8, 4) is 55.6 Å². The maximum absolute atomic E-state index is 3.92. The molecule has 18 rings (SSSR count). The first kappa shape index (κ1) is 82.7. The molecule has 0 atom stereocenters. The van der Waals surface area contributed by atoms with Gasteiger partial charge in [-0.15, -0.1) is 0 Å². The Kier molecular flexibility index (Phi) is 19.8. The second-order valence-electron chi connectivity index (χ2n) is 44.0. The van der Waals surface area contributed by atoms with E-state index in [-0.39, 0.29) is 43.3 Å². The second kappa shape index (κ2) is 29.8. The molecule has 14 aromatic carbocycles. The maximum atomic E-state index is 3.92. The van der Waals surface area contributed by atoms with Gasteiger partial charge < -0.3 is 19.9 Å². The molecule has 4 N–H and O–H groups in total. The van der Waals surface area contributed by atoms with E-state index in [2.05, 4.69) is 465 Å². The molecule has 0 saturated carbocycles. The Hall–Kier alpha value is -12.2. The quantitative estimate of drug-likeness (QED) is 0.0933. The van der Waals surface area contributed by atoms with Gasteiger partial charge in [0.05, 0.1) is 22.1 Å². The molecule has 4 nitrogen and oxygen atoms in total. The molecule has 0 aliphatic heterocycles. The molecule has 0 aliphatic rings. The van der Waals surface area contributed by atoms with Crippen molar-refractivity contribution >= 4 is 111 Å².